The third-order valence-corrected chi connectivity index (χ3v) is 3.67. The average molecular weight is 342 g/mol. The highest BCUT2D eigenvalue weighted by Gasteiger charge is 2.22. The summed E-state index contributed by atoms with van der Waals surface area (Å²) in [5, 5.41) is 11.1. The summed E-state index contributed by atoms with van der Waals surface area (Å²) < 4.78 is 0.833. The molecule has 2 unspecified atom stereocenters. The molecule has 0 spiro atoms. The van der Waals surface area contributed by atoms with E-state index in [-0.39, 0.29) is 5.92 Å². The molecule has 2 rings (SSSR count). The predicted octanol–water partition coefficient (Wildman–Crippen LogP) is 3.27. The fourth-order valence-corrected chi connectivity index (χ4v) is 2.92. The Morgan fingerprint density at radius 3 is 2.47 bits per heavy atom. The minimum absolute atomic E-state index is 0.187. The zero-order valence-electron chi connectivity index (χ0n) is 10.1. The maximum Gasteiger partial charge on any atom is 0.0871 e. The molecule has 1 aromatic heterocycles. The van der Waals surface area contributed by atoms with Crippen LogP contribution < -0.4 is 5.73 Å². The zero-order valence-corrected chi connectivity index (χ0v) is 12.5. The lowest BCUT2D eigenvalue weighted by Crippen LogP contribution is -2.20. The second kappa shape index (κ2) is 6.48. The zero-order chi connectivity index (χ0) is 13.8. The Bertz CT molecular complexity index is 530. The van der Waals surface area contributed by atoms with E-state index in [9.17, 15) is 5.11 Å². The largest absolute Gasteiger partial charge is 0.388 e. The molecule has 5 heteroatoms. The van der Waals surface area contributed by atoms with Crippen LogP contribution in [0.25, 0.3) is 0 Å². The molecular weight excluding hydrogens is 328 g/mol. The van der Waals surface area contributed by atoms with Gasteiger partial charge < -0.3 is 10.8 Å². The van der Waals surface area contributed by atoms with E-state index in [1.54, 1.807) is 24.5 Å². The van der Waals surface area contributed by atoms with Crippen LogP contribution in [0.2, 0.25) is 5.02 Å². The van der Waals surface area contributed by atoms with Crippen molar-refractivity contribution in [2.24, 2.45) is 5.73 Å². The highest BCUT2D eigenvalue weighted by Crippen LogP contribution is 2.32. The molecule has 3 N–H and O–H groups in total. The van der Waals surface area contributed by atoms with Gasteiger partial charge in [-0.2, -0.15) is 0 Å². The van der Waals surface area contributed by atoms with Crippen LogP contribution in [-0.2, 0) is 0 Å². The number of nitrogens with zero attached hydrogens (tertiary/aromatic N) is 1. The Morgan fingerprint density at radius 2 is 1.89 bits per heavy atom. The number of halogens is 2. The summed E-state index contributed by atoms with van der Waals surface area (Å²) in [6, 6.07) is 9.10. The quantitative estimate of drug-likeness (QED) is 0.897. The Labute approximate surface area is 125 Å². The first-order valence-electron chi connectivity index (χ1n) is 5.86. The molecule has 2 aromatic rings. The van der Waals surface area contributed by atoms with Crippen molar-refractivity contribution < 1.29 is 5.11 Å². The summed E-state index contributed by atoms with van der Waals surface area (Å²) in [5.74, 6) is -0.187. The maximum absolute atomic E-state index is 10.5. The van der Waals surface area contributed by atoms with E-state index >= 15 is 0 Å². The van der Waals surface area contributed by atoms with Gasteiger partial charge in [0.2, 0.25) is 0 Å². The van der Waals surface area contributed by atoms with E-state index in [1.165, 1.54) is 0 Å². The third kappa shape index (κ3) is 3.54. The Kier molecular flexibility index (Phi) is 4.93. The summed E-state index contributed by atoms with van der Waals surface area (Å²) in [6.45, 7) is 0.343. The second-order valence-corrected chi connectivity index (χ2v) is 5.62. The van der Waals surface area contributed by atoms with Gasteiger partial charge in [0.15, 0.2) is 0 Å². The molecule has 3 nitrogen and oxygen atoms in total. The number of nitrogens with two attached hydrogens (primary N) is 1. The number of rotatable bonds is 4. The second-order valence-electron chi connectivity index (χ2n) is 4.27. The molecule has 2 atom stereocenters. The highest BCUT2D eigenvalue weighted by molar-refractivity contribution is 9.10. The van der Waals surface area contributed by atoms with Gasteiger partial charge in [-0.1, -0.05) is 27.5 Å². The number of hydrogen-bond acceptors (Lipinski definition) is 3. The Balaban J connectivity index is 2.33. The van der Waals surface area contributed by atoms with Gasteiger partial charge in [-0.3, -0.25) is 4.98 Å². The minimum Gasteiger partial charge on any atom is -0.388 e. The summed E-state index contributed by atoms with van der Waals surface area (Å²) in [6.07, 6.45) is 2.68. The van der Waals surface area contributed by atoms with Gasteiger partial charge in [0.25, 0.3) is 0 Å². The molecule has 1 heterocycles. The minimum atomic E-state index is -0.706. The van der Waals surface area contributed by atoms with Gasteiger partial charge in [0.05, 0.1) is 6.10 Å². The smallest absolute Gasteiger partial charge is 0.0871 e. The van der Waals surface area contributed by atoms with E-state index in [4.69, 9.17) is 17.3 Å². The Hall–Kier alpha value is -0.940. The Morgan fingerprint density at radius 1 is 1.21 bits per heavy atom. The fourth-order valence-electron chi connectivity index (χ4n) is 2.04. The molecule has 0 aliphatic heterocycles. The predicted molar refractivity (Wildman–Crippen MR) is 80.1 cm³/mol. The molecule has 0 aliphatic carbocycles. The van der Waals surface area contributed by atoms with Gasteiger partial charge in [0, 0.05) is 34.4 Å². The number of aliphatic hydroxyl groups excluding tert-OH is 1. The SMILES string of the molecule is NCC(c1ccncc1)C(O)c1cc(Cl)cc(Br)c1. The highest BCUT2D eigenvalue weighted by atomic mass is 79.9. The van der Waals surface area contributed by atoms with Crippen molar-refractivity contribution in [2.45, 2.75) is 12.0 Å². The molecule has 0 saturated heterocycles. The van der Waals surface area contributed by atoms with E-state index in [1.807, 2.05) is 18.2 Å². The molecule has 0 amide bonds. The van der Waals surface area contributed by atoms with E-state index in [0.29, 0.717) is 11.6 Å². The van der Waals surface area contributed by atoms with Gasteiger partial charge >= 0.3 is 0 Å². The monoisotopic (exact) mass is 340 g/mol. The number of aromatic nitrogens is 1. The molecule has 0 fully saturated rings. The van der Waals surface area contributed by atoms with Crippen molar-refractivity contribution in [3.63, 3.8) is 0 Å². The first-order valence-corrected chi connectivity index (χ1v) is 7.03. The van der Waals surface area contributed by atoms with E-state index < -0.39 is 6.10 Å². The first-order chi connectivity index (χ1) is 9.11. The lowest BCUT2D eigenvalue weighted by molar-refractivity contribution is 0.147. The van der Waals surface area contributed by atoms with Crippen LogP contribution in [0.5, 0.6) is 0 Å². The summed E-state index contributed by atoms with van der Waals surface area (Å²) in [5.41, 5.74) is 7.50. The van der Waals surface area contributed by atoms with Crippen LogP contribution in [-0.4, -0.2) is 16.6 Å². The standard InChI is InChI=1S/C14H14BrClN2O/c15-11-5-10(6-12(16)7-11)14(19)13(8-17)9-1-3-18-4-2-9/h1-7,13-14,19H,8,17H2. The molecule has 0 aliphatic rings. The summed E-state index contributed by atoms with van der Waals surface area (Å²) in [4.78, 5) is 3.97. The van der Waals surface area contributed by atoms with Crippen molar-refractivity contribution in [1.29, 1.82) is 0 Å². The summed E-state index contributed by atoms with van der Waals surface area (Å²) >= 11 is 9.38. The topological polar surface area (TPSA) is 59.1 Å². The van der Waals surface area contributed by atoms with Crippen LogP contribution in [0.4, 0.5) is 0 Å². The molecular formula is C14H14BrClN2O. The van der Waals surface area contributed by atoms with Gasteiger partial charge in [0.1, 0.15) is 0 Å². The normalized spacial score (nSPS) is 14.1. The first kappa shape index (κ1) is 14.5. The number of aliphatic hydroxyl groups is 1. The summed E-state index contributed by atoms with van der Waals surface area (Å²) in [7, 11) is 0. The van der Waals surface area contributed by atoms with Crippen molar-refractivity contribution in [3.05, 3.63) is 63.3 Å². The van der Waals surface area contributed by atoms with Crippen LogP contribution >= 0.6 is 27.5 Å². The number of benzene rings is 1. The van der Waals surface area contributed by atoms with Crippen molar-refractivity contribution in [2.75, 3.05) is 6.54 Å². The van der Waals surface area contributed by atoms with Gasteiger partial charge in [-0.05, 0) is 41.5 Å². The molecule has 19 heavy (non-hydrogen) atoms. The van der Waals surface area contributed by atoms with Crippen LogP contribution in [0, 0.1) is 0 Å². The molecule has 0 radical (unpaired) electrons. The maximum atomic E-state index is 10.5. The van der Waals surface area contributed by atoms with Crippen molar-refractivity contribution >= 4 is 27.5 Å². The van der Waals surface area contributed by atoms with Crippen LogP contribution in [0.3, 0.4) is 0 Å². The number of pyridine rings is 1. The average Bonchev–Trinajstić information content (AvgIpc) is 2.39. The van der Waals surface area contributed by atoms with Crippen LogP contribution in [0.1, 0.15) is 23.1 Å². The molecule has 1 aromatic carbocycles. The third-order valence-electron chi connectivity index (χ3n) is 3.00. The lowest BCUT2D eigenvalue weighted by Gasteiger charge is -2.22. The van der Waals surface area contributed by atoms with E-state index in [2.05, 4.69) is 20.9 Å². The fraction of sp³-hybridized carbons (Fsp3) is 0.214. The number of hydrogen-bond donors (Lipinski definition) is 2. The van der Waals surface area contributed by atoms with Crippen molar-refractivity contribution in [1.82, 2.24) is 4.98 Å². The van der Waals surface area contributed by atoms with Crippen molar-refractivity contribution in [3.8, 4) is 0 Å². The van der Waals surface area contributed by atoms with E-state index in [0.717, 1.165) is 15.6 Å². The lowest BCUT2D eigenvalue weighted by atomic mass is 9.90. The van der Waals surface area contributed by atoms with Gasteiger partial charge in [-0.15, -0.1) is 0 Å². The van der Waals surface area contributed by atoms with Crippen LogP contribution in [0.15, 0.2) is 47.2 Å². The molecule has 100 valence electrons. The molecule has 0 bridgehead atoms. The molecule has 0 saturated carbocycles. The van der Waals surface area contributed by atoms with Gasteiger partial charge in [-0.25, -0.2) is 0 Å².